The predicted molar refractivity (Wildman–Crippen MR) is 88.9 cm³/mol. The second kappa shape index (κ2) is 6.95. The third-order valence-corrected chi connectivity index (χ3v) is 5.80. The van der Waals surface area contributed by atoms with E-state index in [-0.39, 0.29) is 6.54 Å². The number of pyridine rings is 1. The van der Waals surface area contributed by atoms with Crippen LogP contribution >= 0.6 is 0 Å². The summed E-state index contributed by atoms with van der Waals surface area (Å²) in [5.74, 6) is 0. The summed E-state index contributed by atoms with van der Waals surface area (Å²) in [4.78, 5) is 27.5. The summed E-state index contributed by atoms with van der Waals surface area (Å²) in [5, 5.41) is 9.58. The normalized spacial score (nSPS) is 18.7. The Labute approximate surface area is 146 Å². The Kier molecular flexibility index (Phi) is 5.31. The number of carbonyl (C=O) groups excluding carboxylic acids is 1. The highest BCUT2D eigenvalue weighted by Crippen LogP contribution is 2.29. The van der Waals surface area contributed by atoms with Crippen molar-refractivity contribution in [3.05, 3.63) is 28.4 Å². The van der Waals surface area contributed by atoms with E-state index in [0.29, 0.717) is 19.4 Å². The molecule has 1 aromatic heterocycles. The van der Waals surface area contributed by atoms with Gasteiger partial charge in [-0.05, 0) is 39.7 Å². The van der Waals surface area contributed by atoms with E-state index in [2.05, 4.69) is 4.98 Å². The summed E-state index contributed by atoms with van der Waals surface area (Å²) in [7, 11) is -4.05. The average Bonchev–Trinajstić information content (AvgIpc) is 2.53. The third-order valence-electron chi connectivity index (χ3n) is 3.69. The van der Waals surface area contributed by atoms with Crippen molar-refractivity contribution in [3.8, 4) is 0 Å². The van der Waals surface area contributed by atoms with E-state index in [9.17, 15) is 23.3 Å². The number of likely N-dealkylation sites (tertiary alicyclic amines) is 1. The molecule has 1 aliphatic rings. The molecule has 0 aliphatic carbocycles. The second-order valence-electron chi connectivity index (χ2n) is 6.82. The van der Waals surface area contributed by atoms with E-state index >= 15 is 0 Å². The number of aromatic nitrogens is 1. The van der Waals surface area contributed by atoms with E-state index < -0.39 is 42.4 Å². The van der Waals surface area contributed by atoms with Crippen molar-refractivity contribution in [2.24, 2.45) is 0 Å². The van der Waals surface area contributed by atoms with Gasteiger partial charge in [0, 0.05) is 25.4 Å². The van der Waals surface area contributed by atoms with E-state index in [1.54, 1.807) is 20.8 Å². The molecule has 10 heteroatoms. The van der Waals surface area contributed by atoms with Gasteiger partial charge in [-0.25, -0.2) is 18.2 Å². The monoisotopic (exact) mass is 371 g/mol. The first-order chi connectivity index (χ1) is 11.5. The van der Waals surface area contributed by atoms with Crippen LogP contribution in [0.5, 0.6) is 0 Å². The molecule has 0 bridgehead atoms. The van der Waals surface area contributed by atoms with Crippen LogP contribution in [0, 0.1) is 10.1 Å². The zero-order chi connectivity index (χ0) is 18.8. The fourth-order valence-electron chi connectivity index (χ4n) is 2.58. The molecule has 138 valence electrons. The summed E-state index contributed by atoms with van der Waals surface area (Å²) in [5.41, 5.74) is -1.25. The van der Waals surface area contributed by atoms with Crippen LogP contribution in [0.4, 0.5) is 10.5 Å². The van der Waals surface area contributed by atoms with Crippen LogP contribution in [-0.4, -0.2) is 53.3 Å². The van der Waals surface area contributed by atoms with Crippen molar-refractivity contribution in [1.29, 1.82) is 0 Å². The van der Waals surface area contributed by atoms with Gasteiger partial charge in [0.2, 0.25) is 14.9 Å². The molecule has 1 atom stereocenters. The van der Waals surface area contributed by atoms with Crippen LogP contribution in [0.25, 0.3) is 0 Å². The van der Waals surface area contributed by atoms with Gasteiger partial charge in [-0.15, -0.1) is 0 Å². The first-order valence-corrected chi connectivity index (χ1v) is 9.38. The van der Waals surface area contributed by atoms with Crippen LogP contribution in [0.1, 0.15) is 33.6 Å². The Morgan fingerprint density at radius 1 is 1.44 bits per heavy atom. The summed E-state index contributed by atoms with van der Waals surface area (Å²) in [6.45, 7) is 5.47. The van der Waals surface area contributed by atoms with Gasteiger partial charge in [-0.3, -0.25) is 10.1 Å². The van der Waals surface area contributed by atoms with Crippen LogP contribution < -0.4 is 0 Å². The summed E-state index contributed by atoms with van der Waals surface area (Å²) >= 11 is 0. The number of hydrogen-bond donors (Lipinski definition) is 0. The third kappa shape index (κ3) is 4.44. The van der Waals surface area contributed by atoms with Crippen LogP contribution in [-0.2, 0) is 14.6 Å². The quantitative estimate of drug-likeness (QED) is 0.590. The SMILES string of the molecule is CC(C)(C)OC(=O)N1CCC[C@@H](S(=O)(=O)c2ncccc2[N+](=O)[O-])C1. The number of sulfone groups is 1. The zero-order valence-corrected chi connectivity index (χ0v) is 15.2. The Morgan fingerprint density at radius 2 is 2.12 bits per heavy atom. The molecular weight excluding hydrogens is 350 g/mol. The molecule has 0 radical (unpaired) electrons. The number of amides is 1. The van der Waals surface area contributed by atoms with Gasteiger partial charge >= 0.3 is 11.8 Å². The summed E-state index contributed by atoms with van der Waals surface area (Å²) < 4.78 is 30.9. The molecule has 9 nitrogen and oxygen atoms in total. The lowest BCUT2D eigenvalue weighted by Gasteiger charge is -2.33. The van der Waals surface area contributed by atoms with Gasteiger partial charge in [0.1, 0.15) is 5.60 Å². The number of nitro groups is 1. The second-order valence-corrected chi connectivity index (χ2v) is 8.96. The molecule has 0 saturated carbocycles. The molecule has 0 unspecified atom stereocenters. The van der Waals surface area contributed by atoms with E-state index in [4.69, 9.17) is 4.74 Å². The fourth-order valence-corrected chi connectivity index (χ4v) is 4.39. The van der Waals surface area contributed by atoms with Crippen molar-refractivity contribution < 1.29 is 22.9 Å². The first kappa shape index (κ1) is 19.1. The lowest BCUT2D eigenvalue weighted by Crippen LogP contribution is -2.47. The number of nitrogens with zero attached hydrogens (tertiary/aromatic N) is 3. The largest absolute Gasteiger partial charge is 0.444 e. The summed E-state index contributed by atoms with van der Waals surface area (Å²) in [6.07, 6.45) is 1.37. The molecule has 1 fully saturated rings. The van der Waals surface area contributed by atoms with E-state index in [0.717, 1.165) is 6.07 Å². The molecule has 1 saturated heterocycles. The van der Waals surface area contributed by atoms with Crippen molar-refractivity contribution >= 4 is 21.6 Å². The summed E-state index contributed by atoms with van der Waals surface area (Å²) in [6, 6.07) is 2.42. The topological polar surface area (TPSA) is 120 Å². The minimum Gasteiger partial charge on any atom is -0.444 e. The molecule has 2 heterocycles. The Bertz CT molecular complexity index is 772. The van der Waals surface area contributed by atoms with Gasteiger partial charge in [0.05, 0.1) is 10.2 Å². The fraction of sp³-hybridized carbons (Fsp3) is 0.600. The zero-order valence-electron chi connectivity index (χ0n) is 14.3. The Morgan fingerprint density at radius 3 is 2.72 bits per heavy atom. The van der Waals surface area contributed by atoms with Crippen molar-refractivity contribution in [1.82, 2.24) is 9.88 Å². The molecule has 25 heavy (non-hydrogen) atoms. The van der Waals surface area contributed by atoms with E-state index in [1.807, 2.05) is 0 Å². The predicted octanol–water partition coefficient (Wildman–Crippen LogP) is 2.16. The van der Waals surface area contributed by atoms with Gasteiger partial charge in [0.15, 0.2) is 0 Å². The highest BCUT2D eigenvalue weighted by molar-refractivity contribution is 7.92. The number of carbonyl (C=O) groups is 1. The molecule has 1 amide bonds. The smallest absolute Gasteiger partial charge is 0.410 e. The maximum atomic E-state index is 12.8. The Balaban J connectivity index is 2.26. The van der Waals surface area contributed by atoms with Crippen molar-refractivity contribution in [3.63, 3.8) is 0 Å². The molecule has 1 aromatic rings. The van der Waals surface area contributed by atoms with Crippen LogP contribution in [0.15, 0.2) is 23.4 Å². The number of rotatable bonds is 3. The molecule has 0 spiro atoms. The van der Waals surface area contributed by atoms with Crippen molar-refractivity contribution in [2.45, 2.75) is 49.5 Å². The van der Waals surface area contributed by atoms with E-state index in [1.165, 1.54) is 17.2 Å². The number of ether oxygens (including phenoxy) is 1. The molecule has 0 N–H and O–H groups in total. The van der Waals surface area contributed by atoms with Gasteiger partial charge in [-0.2, -0.15) is 0 Å². The van der Waals surface area contributed by atoms with Gasteiger partial charge in [0.25, 0.3) is 0 Å². The Hall–Kier alpha value is -2.23. The molecular formula is C15H21N3O6S. The van der Waals surface area contributed by atoms with Crippen LogP contribution in [0.3, 0.4) is 0 Å². The molecule has 0 aromatic carbocycles. The number of hydrogen-bond acceptors (Lipinski definition) is 7. The van der Waals surface area contributed by atoms with Crippen molar-refractivity contribution in [2.75, 3.05) is 13.1 Å². The molecule has 1 aliphatic heterocycles. The lowest BCUT2D eigenvalue weighted by molar-refractivity contribution is -0.388. The maximum Gasteiger partial charge on any atom is 0.410 e. The standard InChI is InChI=1S/C15H21N3O6S/c1-15(2,3)24-14(19)17-9-5-6-11(10-17)25(22,23)13-12(18(20)21)7-4-8-16-13/h4,7-8,11H,5-6,9-10H2,1-3H3/t11-/m1/s1. The maximum absolute atomic E-state index is 12.8. The van der Waals surface area contributed by atoms with Crippen LogP contribution in [0.2, 0.25) is 0 Å². The lowest BCUT2D eigenvalue weighted by atomic mass is 10.1. The minimum atomic E-state index is -4.05. The van der Waals surface area contributed by atoms with Gasteiger partial charge < -0.3 is 9.64 Å². The van der Waals surface area contributed by atoms with Gasteiger partial charge in [-0.1, -0.05) is 0 Å². The highest BCUT2D eigenvalue weighted by atomic mass is 32.2. The highest BCUT2D eigenvalue weighted by Gasteiger charge is 2.39. The average molecular weight is 371 g/mol. The first-order valence-electron chi connectivity index (χ1n) is 7.83. The number of piperidine rings is 1. The minimum absolute atomic E-state index is 0.0784. The molecule has 2 rings (SSSR count).